The highest BCUT2D eigenvalue weighted by Crippen LogP contribution is 2.33. The summed E-state index contributed by atoms with van der Waals surface area (Å²) in [6.07, 6.45) is 2.02. The molecule has 1 fully saturated rings. The van der Waals surface area contributed by atoms with Gasteiger partial charge >= 0.3 is 0 Å². The molecule has 0 radical (unpaired) electrons. The number of halogens is 1. The maximum atomic E-state index is 12.5. The minimum atomic E-state index is -0.614. The molecule has 7 nitrogen and oxygen atoms in total. The fourth-order valence-corrected chi connectivity index (χ4v) is 2.83. The second-order valence-electron chi connectivity index (χ2n) is 5.25. The molecule has 1 aromatic rings. The van der Waals surface area contributed by atoms with E-state index in [0.29, 0.717) is 19.0 Å². The van der Waals surface area contributed by atoms with E-state index in [4.69, 9.17) is 17.4 Å². The molecule has 2 rings (SSSR count). The highest BCUT2D eigenvalue weighted by Gasteiger charge is 2.26. The van der Waals surface area contributed by atoms with Crippen molar-refractivity contribution in [3.8, 4) is 0 Å². The first-order chi connectivity index (χ1) is 9.93. The minimum Gasteiger partial charge on any atom is -0.338 e. The molecule has 0 saturated carbocycles. The number of nitrogen functional groups attached to an aromatic ring is 1. The van der Waals surface area contributed by atoms with Gasteiger partial charge in [-0.3, -0.25) is 20.8 Å². The number of amides is 1. The number of piperidine rings is 1. The molecule has 114 valence electrons. The molecule has 0 spiro atoms. The lowest BCUT2D eigenvalue weighted by Crippen LogP contribution is -2.39. The van der Waals surface area contributed by atoms with Gasteiger partial charge in [0.15, 0.2) is 0 Å². The zero-order chi connectivity index (χ0) is 15.6. The van der Waals surface area contributed by atoms with Crippen LogP contribution in [0, 0.1) is 16.0 Å². The van der Waals surface area contributed by atoms with Gasteiger partial charge < -0.3 is 10.3 Å². The standard InChI is InChI=1S/C13H17ClN4O3/c1-8-3-2-4-17(7-8)13(19)9-5-10(14)12(16-15)11(6-9)18(20)21/h5-6,8,16H,2-4,7,15H2,1H3. The van der Waals surface area contributed by atoms with Gasteiger partial charge in [0.2, 0.25) is 0 Å². The van der Waals surface area contributed by atoms with Crippen molar-refractivity contribution in [1.29, 1.82) is 0 Å². The van der Waals surface area contributed by atoms with Gasteiger partial charge in [-0.25, -0.2) is 0 Å². The van der Waals surface area contributed by atoms with E-state index < -0.39 is 4.92 Å². The van der Waals surface area contributed by atoms with Gasteiger partial charge in [0.1, 0.15) is 5.69 Å². The van der Waals surface area contributed by atoms with Gasteiger partial charge in [-0.2, -0.15) is 0 Å². The first-order valence-corrected chi connectivity index (χ1v) is 7.05. The fourth-order valence-electron chi connectivity index (χ4n) is 2.56. The van der Waals surface area contributed by atoms with Gasteiger partial charge in [0, 0.05) is 24.7 Å². The van der Waals surface area contributed by atoms with Gasteiger partial charge in [-0.1, -0.05) is 18.5 Å². The normalized spacial score (nSPS) is 18.4. The lowest BCUT2D eigenvalue weighted by Gasteiger charge is -2.31. The predicted octanol–water partition coefficient (Wildman–Crippen LogP) is 2.41. The van der Waals surface area contributed by atoms with E-state index in [0.717, 1.165) is 12.8 Å². The van der Waals surface area contributed by atoms with Crippen molar-refractivity contribution in [2.24, 2.45) is 11.8 Å². The zero-order valence-corrected chi connectivity index (χ0v) is 12.4. The molecule has 21 heavy (non-hydrogen) atoms. The van der Waals surface area contributed by atoms with Gasteiger partial charge in [0.25, 0.3) is 11.6 Å². The number of nitrogens with one attached hydrogen (secondary N) is 1. The summed E-state index contributed by atoms with van der Waals surface area (Å²) in [6, 6.07) is 2.62. The number of nitro benzene ring substituents is 1. The summed E-state index contributed by atoms with van der Waals surface area (Å²) in [5, 5.41) is 11.1. The number of rotatable bonds is 3. The molecule has 1 aromatic carbocycles. The third-order valence-electron chi connectivity index (χ3n) is 3.60. The van der Waals surface area contributed by atoms with E-state index >= 15 is 0 Å². The van der Waals surface area contributed by atoms with E-state index in [1.165, 1.54) is 12.1 Å². The number of nitrogens with zero attached hydrogens (tertiary/aromatic N) is 2. The van der Waals surface area contributed by atoms with Crippen LogP contribution in [0.4, 0.5) is 11.4 Å². The lowest BCUT2D eigenvalue weighted by molar-refractivity contribution is -0.384. The number of likely N-dealkylation sites (tertiary alicyclic amines) is 1. The van der Waals surface area contributed by atoms with E-state index in [2.05, 4.69) is 12.3 Å². The summed E-state index contributed by atoms with van der Waals surface area (Å²) in [7, 11) is 0. The van der Waals surface area contributed by atoms with Crippen molar-refractivity contribution in [3.05, 3.63) is 32.8 Å². The molecule has 1 atom stereocenters. The number of benzene rings is 1. The molecule has 1 heterocycles. The van der Waals surface area contributed by atoms with Crippen LogP contribution < -0.4 is 11.3 Å². The summed E-state index contributed by atoms with van der Waals surface area (Å²) in [6.45, 7) is 3.39. The molecule has 8 heteroatoms. The Morgan fingerprint density at radius 2 is 2.29 bits per heavy atom. The van der Waals surface area contributed by atoms with Crippen molar-refractivity contribution in [2.45, 2.75) is 19.8 Å². The summed E-state index contributed by atoms with van der Waals surface area (Å²) in [5.74, 6) is 5.43. The number of hydrogen-bond acceptors (Lipinski definition) is 5. The van der Waals surface area contributed by atoms with Crippen molar-refractivity contribution in [1.82, 2.24) is 4.90 Å². The van der Waals surface area contributed by atoms with Crippen LogP contribution in [0.3, 0.4) is 0 Å². The minimum absolute atomic E-state index is 0.00484. The molecule has 1 saturated heterocycles. The van der Waals surface area contributed by atoms with Gasteiger partial charge in [-0.05, 0) is 24.8 Å². The van der Waals surface area contributed by atoms with Crippen LogP contribution >= 0.6 is 11.6 Å². The predicted molar refractivity (Wildman–Crippen MR) is 80.2 cm³/mol. The van der Waals surface area contributed by atoms with E-state index in [1.54, 1.807) is 4.90 Å². The second kappa shape index (κ2) is 6.28. The van der Waals surface area contributed by atoms with Gasteiger partial charge in [0.05, 0.1) is 9.95 Å². The number of anilines is 1. The Kier molecular flexibility index (Phi) is 4.64. The second-order valence-corrected chi connectivity index (χ2v) is 5.66. The fraction of sp³-hybridized carbons (Fsp3) is 0.462. The van der Waals surface area contributed by atoms with E-state index in [-0.39, 0.29) is 27.9 Å². The van der Waals surface area contributed by atoms with E-state index in [1.807, 2.05) is 0 Å². The molecule has 3 N–H and O–H groups in total. The molecule has 1 unspecified atom stereocenters. The first-order valence-electron chi connectivity index (χ1n) is 6.68. The maximum Gasteiger partial charge on any atom is 0.295 e. The highest BCUT2D eigenvalue weighted by atomic mass is 35.5. The molecule has 0 aliphatic carbocycles. The smallest absolute Gasteiger partial charge is 0.295 e. The van der Waals surface area contributed by atoms with Crippen LogP contribution in [-0.4, -0.2) is 28.8 Å². The first kappa shape index (κ1) is 15.5. The van der Waals surface area contributed by atoms with Crippen LogP contribution in [0.5, 0.6) is 0 Å². The highest BCUT2D eigenvalue weighted by molar-refractivity contribution is 6.34. The van der Waals surface area contributed by atoms with Crippen molar-refractivity contribution >= 4 is 28.9 Å². The lowest BCUT2D eigenvalue weighted by atomic mass is 9.99. The van der Waals surface area contributed by atoms with Crippen LogP contribution in [0.2, 0.25) is 5.02 Å². The quantitative estimate of drug-likeness (QED) is 0.507. The summed E-state index contributed by atoms with van der Waals surface area (Å²) in [5.41, 5.74) is 2.11. The summed E-state index contributed by atoms with van der Waals surface area (Å²) >= 11 is 5.97. The van der Waals surface area contributed by atoms with Crippen LogP contribution in [0.1, 0.15) is 30.1 Å². The molecule has 0 aromatic heterocycles. The van der Waals surface area contributed by atoms with Crippen molar-refractivity contribution < 1.29 is 9.72 Å². The van der Waals surface area contributed by atoms with Crippen LogP contribution in [-0.2, 0) is 0 Å². The third kappa shape index (κ3) is 3.25. The Labute approximate surface area is 127 Å². The molecular formula is C13H17ClN4O3. The molecule has 0 bridgehead atoms. The monoisotopic (exact) mass is 312 g/mol. The number of nitro groups is 1. The number of nitrogens with two attached hydrogens (primary N) is 1. The Morgan fingerprint density at radius 3 is 2.86 bits per heavy atom. The topological polar surface area (TPSA) is 102 Å². The maximum absolute atomic E-state index is 12.5. The number of carbonyl (C=O) groups is 1. The molecular weight excluding hydrogens is 296 g/mol. The van der Waals surface area contributed by atoms with Crippen molar-refractivity contribution in [2.75, 3.05) is 18.5 Å². The SMILES string of the molecule is CC1CCCN(C(=O)c2cc(Cl)c(NN)c([N+](=O)[O-])c2)C1. The number of hydrazine groups is 1. The number of hydrogen-bond donors (Lipinski definition) is 2. The van der Waals surface area contributed by atoms with Crippen LogP contribution in [0.25, 0.3) is 0 Å². The summed E-state index contributed by atoms with van der Waals surface area (Å²) in [4.78, 5) is 24.6. The Balaban J connectivity index is 2.35. The molecule has 1 amide bonds. The van der Waals surface area contributed by atoms with Gasteiger partial charge in [-0.15, -0.1) is 0 Å². The number of carbonyl (C=O) groups excluding carboxylic acids is 1. The molecule has 1 aliphatic rings. The Morgan fingerprint density at radius 1 is 1.57 bits per heavy atom. The average Bonchev–Trinajstić information content (AvgIpc) is 2.45. The van der Waals surface area contributed by atoms with Crippen molar-refractivity contribution in [3.63, 3.8) is 0 Å². The Bertz CT molecular complexity index is 579. The Hall–Kier alpha value is -1.86. The largest absolute Gasteiger partial charge is 0.338 e. The van der Waals surface area contributed by atoms with E-state index in [9.17, 15) is 14.9 Å². The zero-order valence-electron chi connectivity index (χ0n) is 11.6. The summed E-state index contributed by atoms with van der Waals surface area (Å²) < 4.78 is 0. The average molecular weight is 313 g/mol. The molecule has 1 aliphatic heterocycles. The third-order valence-corrected chi connectivity index (χ3v) is 3.90. The van der Waals surface area contributed by atoms with Crippen LogP contribution in [0.15, 0.2) is 12.1 Å².